The predicted octanol–water partition coefficient (Wildman–Crippen LogP) is 1.54. The minimum Gasteiger partial charge on any atom is -0.383 e. The molecule has 9 nitrogen and oxygen atoms in total. The van der Waals surface area contributed by atoms with E-state index in [9.17, 15) is 0 Å². The third-order valence-electron chi connectivity index (χ3n) is 5.36. The van der Waals surface area contributed by atoms with Crippen LogP contribution in [0, 0.1) is 18.8 Å². The van der Waals surface area contributed by atoms with E-state index in [1.165, 1.54) is 6.33 Å². The Bertz CT molecular complexity index is 1300. The van der Waals surface area contributed by atoms with Gasteiger partial charge in [-0.3, -0.25) is 0 Å². The smallest absolute Gasteiger partial charge is 0.164 e. The number of rotatable bonds is 3. The van der Waals surface area contributed by atoms with Crippen LogP contribution in [0.2, 0.25) is 0 Å². The van der Waals surface area contributed by atoms with Gasteiger partial charge < -0.3 is 20.8 Å². The monoisotopic (exact) mass is 402 g/mol. The van der Waals surface area contributed by atoms with Crippen molar-refractivity contribution in [2.75, 3.05) is 26.0 Å². The van der Waals surface area contributed by atoms with Crippen LogP contribution in [0.4, 0.5) is 5.82 Å². The van der Waals surface area contributed by atoms with E-state index in [1.807, 2.05) is 29.8 Å². The minimum absolute atomic E-state index is 0.154. The molecule has 1 saturated heterocycles. The highest BCUT2D eigenvalue weighted by Gasteiger charge is 2.28. The molecule has 1 aliphatic heterocycles. The summed E-state index contributed by atoms with van der Waals surface area (Å²) in [5, 5.41) is 8.92. The normalized spacial score (nSPS) is 18.7. The maximum Gasteiger partial charge on any atom is 0.164 e. The fourth-order valence-electron chi connectivity index (χ4n) is 3.99. The largest absolute Gasteiger partial charge is 0.383 e. The van der Waals surface area contributed by atoms with Crippen molar-refractivity contribution in [1.82, 2.24) is 35.0 Å². The second-order valence-electron chi connectivity index (χ2n) is 7.50. The van der Waals surface area contributed by atoms with Gasteiger partial charge in [0.25, 0.3) is 0 Å². The first-order valence-electron chi connectivity index (χ1n) is 9.82. The fraction of sp³-hybridized carbons (Fsp3) is 0.333. The van der Waals surface area contributed by atoms with Crippen molar-refractivity contribution in [3.63, 3.8) is 0 Å². The molecule has 0 bridgehead atoms. The number of nitrogens with two attached hydrogens (primary N) is 1. The number of ether oxygens (including phenoxy) is 1. The Morgan fingerprint density at radius 3 is 3.07 bits per heavy atom. The second-order valence-corrected chi connectivity index (χ2v) is 7.50. The van der Waals surface area contributed by atoms with Crippen molar-refractivity contribution >= 4 is 27.9 Å². The number of H-pyrrole nitrogens is 1. The van der Waals surface area contributed by atoms with E-state index in [0.717, 1.165) is 35.4 Å². The number of imidazole rings is 1. The summed E-state index contributed by atoms with van der Waals surface area (Å²) >= 11 is 0. The van der Waals surface area contributed by atoms with Gasteiger partial charge in [0.05, 0.1) is 29.1 Å². The van der Waals surface area contributed by atoms with Gasteiger partial charge in [-0.1, -0.05) is 5.92 Å². The SMILES string of the molecule is COC[C@H]1C[C@H](n2nc(C#Cc3ccc4[nH]c(C)nc4c3)c3c(N)ncnc32)CN1. The number of nitrogens with zero attached hydrogens (tertiary/aromatic N) is 5. The lowest BCUT2D eigenvalue weighted by atomic mass is 10.2. The van der Waals surface area contributed by atoms with Crippen LogP contribution in [0.3, 0.4) is 0 Å². The number of benzene rings is 1. The molecule has 3 aromatic heterocycles. The number of hydrogen-bond acceptors (Lipinski definition) is 7. The van der Waals surface area contributed by atoms with Gasteiger partial charge in [0.2, 0.25) is 0 Å². The summed E-state index contributed by atoms with van der Waals surface area (Å²) in [6, 6.07) is 6.34. The number of aromatic nitrogens is 6. The van der Waals surface area contributed by atoms with Gasteiger partial charge in [0.15, 0.2) is 5.65 Å². The van der Waals surface area contributed by atoms with Crippen LogP contribution in [0.1, 0.15) is 29.5 Å². The molecule has 9 heteroatoms. The molecule has 5 rings (SSSR count). The Kier molecular flexibility index (Phi) is 4.58. The number of nitrogen functional groups attached to an aromatic ring is 1. The highest BCUT2D eigenvalue weighted by Crippen LogP contribution is 2.27. The Morgan fingerprint density at radius 2 is 2.20 bits per heavy atom. The van der Waals surface area contributed by atoms with E-state index in [2.05, 4.69) is 37.1 Å². The van der Waals surface area contributed by atoms with Crippen molar-refractivity contribution in [3.8, 4) is 11.8 Å². The van der Waals surface area contributed by atoms with Crippen molar-refractivity contribution in [1.29, 1.82) is 0 Å². The number of aryl methyl sites for hydroxylation is 1. The minimum atomic E-state index is 0.154. The maximum atomic E-state index is 6.17. The average Bonchev–Trinajstić information content (AvgIpc) is 3.43. The number of aromatic amines is 1. The molecule has 4 N–H and O–H groups in total. The zero-order chi connectivity index (χ0) is 20.7. The van der Waals surface area contributed by atoms with Gasteiger partial charge in [-0.05, 0) is 37.5 Å². The molecule has 0 aliphatic carbocycles. The van der Waals surface area contributed by atoms with Gasteiger partial charge >= 0.3 is 0 Å². The lowest BCUT2D eigenvalue weighted by molar-refractivity contribution is 0.172. The molecule has 1 aromatic carbocycles. The van der Waals surface area contributed by atoms with Crippen molar-refractivity contribution < 1.29 is 4.74 Å². The molecule has 0 saturated carbocycles. The van der Waals surface area contributed by atoms with Crippen molar-refractivity contribution in [2.24, 2.45) is 0 Å². The van der Waals surface area contributed by atoms with E-state index in [1.54, 1.807) is 7.11 Å². The van der Waals surface area contributed by atoms with Gasteiger partial charge in [0.1, 0.15) is 23.7 Å². The molecule has 0 unspecified atom stereocenters. The summed E-state index contributed by atoms with van der Waals surface area (Å²) in [5.41, 5.74) is 10.2. The Balaban J connectivity index is 1.54. The molecule has 1 aliphatic rings. The van der Waals surface area contributed by atoms with Gasteiger partial charge in [-0.15, -0.1) is 0 Å². The molecule has 0 spiro atoms. The maximum absolute atomic E-state index is 6.17. The molecular formula is C21H22N8O. The average molecular weight is 402 g/mol. The molecular weight excluding hydrogens is 380 g/mol. The van der Waals surface area contributed by atoms with Crippen LogP contribution in [0.15, 0.2) is 24.5 Å². The zero-order valence-electron chi connectivity index (χ0n) is 16.8. The molecule has 4 heterocycles. The van der Waals surface area contributed by atoms with E-state index in [4.69, 9.17) is 15.6 Å². The van der Waals surface area contributed by atoms with Gasteiger partial charge in [0, 0.05) is 25.3 Å². The zero-order valence-corrected chi connectivity index (χ0v) is 16.8. The lowest BCUT2D eigenvalue weighted by Crippen LogP contribution is -2.25. The Labute approximate surface area is 173 Å². The van der Waals surface area contributed by atoms with E-state index >= 15 is 0 Å². The van der Waals surface area contributed by atoms with Crippen LogP contribution in [-0.4, -0.2) is 56.0 Å². The highest BCUT2D eigenvalue weighted by molar-refractivity contribution is 5.90. The van der Waals surface area contributed by atoms with Gasteiger partial charge in [-0.25, -0.2) is 19.6 Å². The first-order chi connectivity index (χ1) is 14.6. The van der Waals surface area contributed by atoms with Crippen LogP contribution in [0.25, 0.3) is 22.1 Å². The van der Waals surface area contributed by atoms with Crippen LogP contribution in [-0.2, 0) is 4.74 Å². The number of fused-ring (bicyclic) bond motifs is 2. The third-order valence-corrected chi connectivity index (χ3v) is 5.36. The molecule has 152 valence electrons. The summed E-state index contributed by atoms with van der Waals surface area (Å²) in [7, 11) is 1.71. The van der Waals surface area contributed by atoms with Crippen molar-refractivity contribution in [2.45, 2.75) is 25.4 Å². The molecule has 1 fully saturated rings. The summed E-state index contributed by atoms with van der Waals surface area (Å²) in [6.07, 6.45) is 2.37. The molecule has 30 heavy (non-hydrogen) atoms. The highest BCUT2D eigenvalue weighted by atomic mass is 16.5. The summed E-state index contributed by atoms with van der Waals surface area (Å²) < 4.78 is 7.19. The Morgan fingerprint density at radius 1 is 1.30 bits per heavy atom. The number of hydrogen-bond donors (Lipinski definition) is 3. The van der Waals surface area contributed by atoms with Crippen molar-refractivity contribution in [3.05, 3.63) is 41.6 Å². The number of anilines is 1. The van der Waals surface area contributed by atoms with E-state index in [0.29, 0.717) is 29.2 Å². The quantitative estimate of drug-likeness (QED) is 0.445. The van der Waals surface area contributed by atoms with Crippen LogP contribution < -0.4 is 11.1 Å². The topological polar surface area (TPSA) is 120 Å². The van der Waals surface area contributed by atoms with E-state index < -0.39 is 0 Å². The second kappa shape index (κ2) is 7.40. The predicted molar refractivity (Wildman–Crippen MR) is 114 cm³/mol. The van der Waals surface area contributed by atoms with Crippen LogP contribution >= 0.6 is 0 Å². The van der Waals surface area contributed by atoms with Crippen LogP contribution in [0.5, 0.6) is 0 Å². The first kappa shape index (κ1) is 18.5. The summed E-state index contributed by atoms with van der Waals surface area (Å²) in [5.74, 6) is 7.62. The summed E-state index contributed by atoms with van der Waals surface area (Å²) in [4.78, 5) is 16.3. The Hall–Kier alpha value is -3.48. The molecule has 4 aromatic rings. The van der Waals surface area contributed by atoms with Gasteiger partial charge in [-0.2, -0.15) is 5.10 Å². The number of nitrogens with one attached hydrogen (secondary N) is 2. The standard InChI is InChI=1S/C21H22N8O/c1-12-26-16-5-3-13(7-18(16)27-12)4-6-17-19-20(22)24-11-25-21(19)29(28-17)15-8-14(10-30-2)23-9-15/h3,5,7,11,14-15,23H,8-10H2,1-2H3,(H,26,27)(H2,22,24,25)/t14-,15+/m1/s1. The molecule has 0 amide bonds. The molecule has 2 atom stereocenters. The first-order valence-corrected chi connectivity index (χ1v) is 9.82. The molecule has 0 radical (unpaired) electrons. The third kappa shape index (κ3) is 3.26. The van der Waals surface area contributed by atoms with E-state index in [-0.39, 0.29) is 12.1 Å². The fourth-order valence-corrected chi connectivity index (χ4v) is 3.99. The lowest BCUT2D eigenvalue weighted by Gasteiger charge is -2.10. The summed E-state index contributed by atoms with van der Waals surface area (Å²) in [6.45, 7) is 3.38. The number of methoxy groups -OCH3 is 1.